The zero-order chi connectivity index (χ0) is 12.5. The molecule has 2 aromatic rings. The standard InChI is InChI=1S/C13H14ClN3/c1-13(2,3)10-6-4-9(5-7-10)11-12(14)15-8-16-17-11/h4-8H,1-3H3. The highest BCUT2D eigenvalue weighted by atomic mass is 35.5. The molecule has 0 aliphatic carbocycles. The molecule has 17 heavy (non-hydrogen) atoms. The Morgan fingerprint density at radius 2 is 1.71 bits per heavy atom. The maximum atomic E-state index is 5.97. The zero-order valence-corrected chi connectivity index (χ0v) is 10.9. The van der Waals surface area contributed by atoms with Gasteiger partial charge in [-0.25, -0.2) is 4.98 Å². The van der Waals surface area contributed by atoms with Crippen LogP contribution in [0.3, 0.4) is 0 Å². The van der Waals surface area contributed by atoms with Crippen LogP contribution < -0.4 is 0 Å². The molecule has 4 heteroatoms. The van der Waals surface area contributed by atoms with Gasteiger partial charge in [-0.1, -0.05) is 56.6 Å². The maximum Gasteiger partial charge on any atom is 0.159 e. The average Bonchev–Trinajstić information content (AvgIpc) is 2.29. The molecule has 0 radical (unpaired) electrons. The number of hydrogen-bond acceptors (Lipinski definition) is 3. The molecule has 0 amide bonds. The van der Waals surface area contributed by atoms with Crippen molar-refractivity contribution < 1.29 is 0 Å². The fourth-order valence-electron chi connectivity index (χ4n) is 1.57. The Kier molecular flexibility index (Phi) is 3.11. The van der Waals surface area contributed by atoms with E-state index in [1.165, 1.54) is 11.9 Å². The van der Waals surface area contributed by atoms with Crippen molar-refractivity contribution in [2.24, 2.45) is 0 Å². The summed E-state index contributed by atoms with van der Waals surface area (Å²) in [5.74, 6) is 0. The topological polar surface area (TPSA) is 38.7 Å². The Balaban J connectivity index is 2.40. The predicted molar refractivity (Wildman–Crippen MR) is 69.0 cm³/mol. The Bertz CT molecular complexity index is 515. The molecule has 0 saturated heterocycles. The zero-order valence-electron chi connectivity index (χ0n) is 10.1. The molecule has 88 valence electrons. The van der Waals surface area contributed by atoms with E-state index in [9.17, 15) is 0 Å². The smallest absolute Gasteiger partial charge is 0.159 e. The third-order valence-electron chi connectivity index (χ3n) is 2.60. The molecular formula is C13H14ClN3. The summed E-state index contributed by atoms with van der Waals surface area (Å²) in [5, 5.41) is 8.12. The van der Waals surface area contributed by atoms with Crippen molar-refractivity contribution in [3.05, 3.63) is 41.3 Å². The predicted octanol–water partition coefficient (Wildman–Crippen LogP) is 3.49. The van der Waals surface area contributed by atoms with Crippen LogP contribution in [-0.2, 0) is 5.41 Å². The van der Waals surface area contributed by atoms with Gasteiger partial charge in [-0.15, -0.1) is 10.2 Å². The molecule has 2 rings (SSSR count). The first-order valence-corrected chi connectivity index (χ1v) is 5.80. The molecule has 0 aliphatic heterocycles. The number of benzene rings is 1. The summed E-state index contributed by atoms with van der Waals surface area (Å²) < 4.78 is 0. The molecular weight excluding hydrogens is 234 g/mol. The summed E-state index contributed by atoms with van der Waals surface area (Å²) in [5.41, 5.74) is 2.97. The maximum absolute atomic E-state index is 5.97. The second-order valence-electron chi connectivity index (χ2n) is 4.93. The van der Waals surface area contributed by atoms with Crippen molar-refractivity contribution in [2.45, 2.75) is 26.2 Å². The lowest BCUT2D eigenvalue weighted by molar-refractivity contribution is 0.590. The first-order valence-electron chi connectivity index (χ1n) is 5.42. The van der Waals surface area contributed by atoms with E-state index < -0.39 is 0 Å². The minimum absolute atomic E-state index is 0.142. The average molecular weight is 248 g/mol. The third kappa shape index (κ3) is 2.61. The van der Waals surface area contributed by atoms with Crippen molar-refractivity contribution in [3.63, 3.8) is 0 Å². The first kappa shape index (κ1) is 12.0. The van der Waals surface area contributed by atoms with Crippen LogP contribution in [0.15, 0.2) is 30.6 Å². The van der Waals surface area contributed by atoms with Gasteiger partial charge in [0.15, 0.2) is 5.15 Å². The van der Waals surface area contributed by atoms with E-state index in [4.69, 9.17) is 11.6 Å². The highest BCUT2D eigenvalue weighted by molar-refractivity contribution is 6.31. The van der Waals surface area contributed by atoms with E-state index in [1.807, 2.05) is 12.1 Å². The van der Waals surface area contributed by atoms with E-state index in [0.717, 1.165) is 5.56 Å². The van der Waals surface area contributed by atoms with Gasteiger partial charge in [-0.2, -0.15) is 0 Å². The van der Waals surface area contributed by atoms with Crippen molar-refractivity contribution in [2.75, 3.05) is 0 Å². The second kappa shape index (κ2) is 4.41. The van der Waals surface area contributed by atoms with E-state index in [-0.39, 0.29) is 5.41 Å². The summed E-state index contributed by atoms with van der Waals surface area (Å²) in [6.07, 6.45) is 1.34. The molecule has 0 saturated carbocycles. The highest BCUT2D eigenvalue weighted by Gasteiger charge is 2.14. The summed E-state index contributed by atoms with van der Waals surface area (Å²) in [6, 6.07) is 8.16. The molecule has 0 N–H and O–H groups in total. The van der Waals surface area contributed by atoms with Gasteiger partial charge in [0.05, 0.1) is 0 Å². The summed E-state index contributed by atoms with van der Waals surface area (Å²) in [7, 11) is 0. The molecule has 1 heterocycles. The molecule has 1 aromatic carbocycles. The number of halogens is 1. The SMILES string of the molecule is CC(C)(C)c1ccc(-c2nncnc2Cl)cc1. The van der Waals surface area contributed by atoms with Gasteiger partial charge in [0.2, 0.25) is 0 Å². The highest BCUT2D eigenvalue weighted by Crippen LogP contribution is 2.27. The summed E-state index contributed by atoms with van der Waals surface area (Å²) >= 11 is 5.97. The first-order chi connectivity index (χ1) is 7.98. The third-order valence-corrected chi connectivity index (χ3v) is 2.88. The van der Waals surface area contributed by atoms with Crippen LogP contribution >= 0.6 is 11.6 Å². The van der Waals surface area contributed by atoms with Crippen molar-refractivity contribution in [1.29, 1.82) is 0 Å². The Hall–Kier alpha value is -1.48. The molecule has 1 aromatic heterocycles. The van der Waals surface area contributed by atoms with Gasteiger partial charge in [0, 0.05) is 5.56 Å². The Morgan fingerprint density at radius 3 is 2.24 bits per heavy atom. The van der Waals surface area contributed by atoms with Crippen LogP contribution in [0.4, 0.5) is 0 Å². The van der Waals surface area contributed by atoms with E-state index in [2.05, 4.69) is 48.1 Å². The molecule has 0 unspecified atom stereocenters. The number of nitrogens with zero attached hydrogens (tertiary/aromatic N) is 3. The van der Waals surface area contributed by atoms with Gasteiger partial charge < -0.3 is 0 Å². The molecule has 0 atom stereocenters. The van der Waals surface area contributed by atoms with Crippen LogP contribution in [0.25, 0.3) is 11.3 Å². The lowest BCUT2D eigenvalue weighted by Gasteiger charge is -2.19. The van der Waals surface area contributed by atoms with Gasteiger partial charge in [-0.05, 0) is 11.0 Å². The minimum atomic E-state index is 0.142. The van der Waals surface area contributed by atoms with E-state index in [1.54, 1.807) is 0 Å². The van der Waals surface area contributed by atoms with Gasteiger partial charge >= 0.3 is 0 Å². The van der Waals surface area contributed by atoms with Gasteiger partial charge in [0.25, 0.3) is 0 Å². The Morgan fingerprint density at radius 1 is 1.06 bits per heavy atom. The quantitative estimate of drug-likeness (QED) is 0.774. The summed E-state index contributed by atoms with van der Waals surface area (Å²) in [6.45, 7) is 6.54. The lowest BCUT2D eigenvalue weighted by atomic mass is 9.86. The van der Waals surface area contributed by atoms with Gasteiger partial charge in [-0.3, -0.25) is 0 Å². The van der Waals surface area contributed by atoms with E-state index >= 15 is 0 Å². The molecule has 0 fully saturated rings. The number of rotatable bonds is 1. The lowest BCUT2D eigenvalue weighted by Crippen LogP contribution is -2.10. The number of aromatic nitrogens is 3. The molecule has 0 aliphatic rings. The van der Waals surface area contributed by atoms with Crippen molar-refractivity contribution in [1.82, 2.24) is 15.2 Å². The largest absolute Gasteiger partial charge is 0.220 e. The monoisotopic (exact) mass is 247 g/mol. The van der Waals surface area contributed by atoms with Crippen LogP contribution in [0.1, 0.15) is 26.3 Å². The van der Waals surface area contributed by atoms with Crippen LogP contribution in [0, 0.1) is 0 Å². The molecule has 3 nitrogen and oxygen atoms in total. The van der Waals surface area contributed by atoms with Crippen LogP contribution in [-0.4, -0.2) is 15.2 Å². The number of hydrogen-bond donors (Lipinski definition) is 0. The molecule has 0 spiro atoms. The van der Waals surface area contributed by atoms with Crippen molar-refractivity contribution >= 4 is 11.6 Å². The summed E-state index contributed by atoms with van der Waals surface area (Å²) in [4.78, 5) is 3.92. The fourth-order valence-corrected chi connectivity index (χ4v) is 1.76. The van der Waals surface area contributed by atoms with Gasteiger partial charge in [0.1, 0.15) is 12.0 Å². The Labute approximate surface area is 106 Å². The second-order valence-corrected chi connectivity index (χ2v) is 5.28. The van der Waals surface area contributed by atoms with E-state index in [0.29, 0.717) is 10.8 Å². The van der Waals surface area contributed by atoms with Crippen LogP contribution in [0.5, 0.6) is 0 Å². The van der Waals surface area contributed by atoms with Crippen molar-refractivity contribution in [3.8, 4) is 11.3 Å². The minimum Gasteiger partial charge on any atom is -0.220 e. The normalized spacial score (nSPS) is 11.5. The fraction of sp³-hybridized carbons (Fsp3) is 0.308. The van der Waals surface area contributed by atoms with Crippen LogP contribution in [0.2, 0.25) is 5.15 Å². The molecule has 0 bridgehead atoms.